The molecule has 0 saturated heterocycles. The zero-order valence-electron chi connectivity index (χ0n) is 8.94. The van der Waals surface area contributed by atoms with Crippen LogP contribution in [0.15, 0.2) is 23.1 Å². The molecule has 0 fully saturated rings. The van der Waals surface area contributed by atoms with Gasteiger partial charge in [0, 0.05) is 0 Å². The summed E-state index contributed by atoms with van der Waals surface area (Å²) in [6, 6.07) is 5.09. The van der Waals surface area contributed by atoms with Crippen LogP contribution in [0.3, 0.4) is 0 Å². The fourth-order valence-corrected chi connectivity index (χ4v) is 2.57. The Bertz CT molecular complexity index is 611. The molecule has 0 heterocycles. The van der Waals surface area contributed by atoms with Crippen LogP contribution in [0.5, 0.6) is 0 Å². The van der Waals surface area contributed by atoms with Gasteiger partial charge in [0.05, 0.1) is 21.5 Å². The van der Waals surface area contributed by atoms with Crippen molar-refractivity contribution in [3.8, 4) is 18.4 Å². The number of nitriles is 1. The number of sulfonamides is 1. The lowest BCUT2D eigenvalue weighted by molar-refractivity contribution is 0.577. The van der Waals surface area contributed by atoms with Crippen molar-refractivity contribution in [3.63, 3.8) is 0 Å². The Morgan fingerprint density at radius 1 is 1.53 bits per heavy atom. The Morgan fingerprint density at radius 2 is 2.18 bits per heavy atom. The molecule has 4 nitrogen and oxygen atoms in total. The van der Waals surface area contributed by atoms with Gasteiger partial charge >= 0.3 is 0 Å². The monoisotopic (exact) mass is 268 g/mol. The highest BCUT2D eigenvalue weighted by atomic mass is 35.5. The van der Waals surface area contributed by atoms with Crippen molar-refractivity contribution in [3.05, 3.63) is 28.8 Å². The molecule has 0 aromatic heterocycles. The third kappa shape index (κ3) is 3.21. The highest BCUT2D eigenvalue weighted by molar-refractivity contribution is 7.89. The first kappa shape index (κ1) is 13.5. The van der Waals surface area contributed by atoms with Crippen molar-refractivity contribution >= 4 is 21.6 Å². The molecule has 1 aromatic carbocycles. The van der Waals surface area contributed by atoms with E-state index in [1.165, 1.54) is 18.2 Å². The lowest BCUT2D eigenvalue weighted by Gasteiger charge is -2.09. The van der Waals surface area contributed by atoms with E-state index in [9.17, 15) is 8.42 Å². The summed E-state index contributed by atoms with van der Waals surface area (Å²) < 4.78 is 25.9. The molecule has 1 unspecified atom stereocenters. The second-order valence-corrected chi connectivity index (χ2v) is 5.38. The number of halogens is 1. The maximum atomic E-state index is 11.8. The van der Waals surface area contributed by atoms with Crippen LogP contribution in [0, 0.1) is 23.7 Å². The van der Waals surface area contributed by atoms with Crippen molar-refractivity contribution in [2.45, 2.75) is 17.9 Å². The van der Waals surface area contributed by atoms with E-state index in [1.807, 2.05) is 6.07 Å². The molecule has 0 saturated carbocycles. The maximum absolute atomic E-state index is 11.8. The molecule has 0 aliphatic heterocycles. The molecule has 6 heteroatoms. The number of terminal acetylenes is 1. The van der Waals surface area contributed by atoms with E-state index in [4.69, 9.17) is 23.3 Å². The molecule has 1 N–H and O–H groups in total. The molecule has 0 aliphatic carbocycles. The van der Waals surface area contributed by atoms with Crippen molar-refractivity contribution < 1.29 is 8.42 Å². The Kier molecular flexibility index (Phi) is 4.14. The van der Waals surface area contributed by atoms with Gasteiger partial charge in [0.25, 0.3) is 0 Å². The number of hydrogen-bond donors (Lipinski definition) is 1. The standard InChI is InChI=1S/C11H9ClN2O2S/c1-3-8(2)14-17(15,16)10-5-4-9(7-13)11(12)6-10/h1,4-6,8,14H,2H3. The van der Waals surface area contributed by atoms with Crippen LogP contribution in [0.1, 0.15) is 12.5 Å². The summed E-state index contributed by atoms with van der Waals surface area (Å²) in [7, 11) is -3.71. The van der Waals surface area contributed by atoms with Gasteiger partial charge in [-0.2, -0.15) is 9.98 Å². The van der Waals surface area contributed by atoms with Gasteiger partial charge in [-0.25, -0.2) is 8.42 Å². The summed E-state index contributed by atoms with van der Waals surface area (Å²) in [5.74, 6) is 2.25. The lowest BCUT2D eigenvalue weighted by atomic mass is 10.2. The van der Waals surface area contributed by atoms with Crippen molar-refractivity contribution in [2.75, 3.05) is 0 Å². The second-order valence-electron chi connectivity index (χ2n) is 3.26. The van der Waals surface area contributed by atoms with E-state index in [0.29, 0.717) is 0 Å². The van der Waals surface area contributed by atoms with Gasteiger partial charge in [0.15, 0.2) is 0 Å². The third-order valence-corrected chi connectivity index (χ3v) is 3.80. The van der Waals surface area contributed by atoms with Crippen LogP contribution in [-0.4, -0.2) is 14.5 Å². The van der Waals surface area contributed by atoms with E-state index >= 15 is 0 Å². The highest BCUT2D eigenvalue weighted by Gasteiger charge is 2.17. The van der Waals surface area contributed by atoms with Gasteiger partial charge < -0.3 is 0 Å². The summed E-state index contributed by atoms with van der Waals surface area (Å²) in [5.41, 5.74) is 0.218. The second kappa shape index (κ2) is 5.20. The van der Waals surface area contributed by atoms with Gasteiger partial charge in [-0.05, 0) is 25.1 Å². The average Bonchev–Trinajstić information content (AvgIpc) is 2.28. The molecule has 17 heavy (non-hydrogen) atoms. The quantitative estimate of drug-likeness (QED) is 0.845. The summed E-state index contributed by atoms with van der Waals surface area (Å²) in [4.78, 5) is -0.0244. The summed E-state index contributed by atoms with van der Waals surface area (Å²) in [6.07, 6.45) is 5.09. The smallest absolute Gasteiger partial charge is 0.207 e. The molecule has 0 radical (unpaired) electrons. The molecule has 88 valence electrons. The molecule has 0 spiro atoms. The van der Waals surface area contributed by atoms with Gasteiger partial charge in [-0.3, -0.25) is 0 Å². The van der Waals surface area contributed by atoms with Crippen LogP contribution in [0.2, 0.25) is 5.02 Å². The molecule has 0 amide bonds. The van der Waals surface area contributed by atoms with Gasteiger partial charge in [0.2, 0.25) is 10.0 Å². The molecular weight excluding hydrogens is 260 g/mol. The van der Waals surface area contributed by atoms with Crippen LogP contribution >= 0.6 is 11.6 Å². The summed E-state index contributed by atoms with van der Waals surface area (Å²) in [6.45, 7) is 1.54. The van der Waals surface area contributed by atoms with Gasteiger partial charge in [0.1, 0.15) is 6.07 Å². The number of hydrogen-bond acceptors (Lipinski definition) is 3. The first-order valence-electron chi connectivity index (χ1n) is 4.59. The minimum Gasteiger partial charge on any atom is -0.207 e. The first-order valence-corrected chi connectivity index (χ1v) is 6.45. The number of benzene rings is 1. The predicted octanol–water partition coefficient (Wildman–Crippen LogP) is 1.51. The largest absolute Gasteiger partial charge is 0.241 e. The molecule has 0 aliphatic rings. The minimum atomic E-state index is -3.71. The van der Waals surface area contributed by atoms with E-state index in [2.05, 4.69) is 10.6 Å². The van der Waals surface area contributed by atoms with Crippen molar-refractivity contribution in [1.82, 2.24) is 4.72 Å². The Morgan fingerprint density at radius 3 is 2.65 bits per heavy atom. The van der Waals surface area contributed by atoms with Crippen molar-refractivity contribution in [1.29, 1.82) is 5.26 Å². The van der Waals surface area contributed by atoms with E-state index in [1.54, 1.807) is 6.92 Å². The highest BCUT2D eigenvalue weighted by Crippen LogP contribution is 2.20. The maximum Gasteiger partial charge on any atom is 0.241 e. The molecule has 1 atom stereocenters. The van der Waals surface area contributed by atoms with Crippen LogP contribution in [0.25, 0.3) is 0 Å². The average molecular weight is 269 g/mol. The SMILES string of the molecule is C#CC(C)NS(=O)(=O)c1ccc(C#N)c(Cl)c1. The first-order chi connectivity index (χ1) is 7.90. The summed E-state index contributed by atoms with van der Waals surface area (Å²) in [5, 5.41) is 8.76. The Hall–Kier alpha value is -1.53. The fourth-order valence-electron chi connectivity index (χ4n) is 1.09. The Balaban J connectivity index is 3.15. The topological polar surface area (TPSA) is 70.0 Å². The molecule has 1 aromatic rings. The number of nitrogens with one attached hydrogen (secondary N) is 1. The minimum absolute atomic E-state index is 0.0244. The predicted molar refractivity (Wildman–Crippen MR) is 64.8 cm³/mol. The van der Waals surface area contributed by atoms with Gasteiger partial charge in [-0.1, -0.05) is 17.5 Å². The van der Waals surface area contributed by atoms with Crippen molar-refractivity contribution in [2.24, 2.45) is 0 Å². The van der Waals surface area contributed by atoms with Crippen LogP contribution < -0.4 is 4.72 Å². The molecular formula is C11H9ClN2O2S. The van der Waals surface area contributed by atoms with E-state index < -0.39 is 16.1 Å². The normalized spacial score (nSPS) is 12.5. The van der Waals surface area contributed by atoms with E-state index in [0.717, 1.165) is 0 Å². The third-order valence-electron chi connectivity index (χ3n) is 1.95. The molecule has 0 bridgehead atoms. The van der Waals surface area contributed by atoms with Crippen LogP contribution in [0.4, 0.5) is 0 Å². The fraction of sp³-hybridized carbons (Fsp3) is 0.182. The lowest BCUT2D eigenvalue weighted by Crippen LogP contribution is -2.31. The van der Waals surface area contributed by atoms with Gasteiger partial charge in [-0.15, -0.1) is 6.42 Å². The summed E-state index contributed by atoms with van der Waals surface area (Å²) >= 11 is 5.75. The zero-order valence-corrected chi connectivity index (χ0v) is 10.5. The zero-order chi connectivity index (χ0) is 13.1. The number of nitrogens with zero attached hydrogens (tertiary/aromatic N) is 1. The number of rotatable bonds is 3. The van der Waals surface area contributed by atoms with Crippen LogP contribution in [-0.2, 0) is 10.0 Å². The van der Waals surface area contributed by atoms with E-state index in [-0.39, 0.29) is 15.5 Å². The Labute approximate surface area is 105 Å². The molecule has 1 rings (SSSR count).